The van der Waals surface area contributed by atoms with Crippen LogP contribution < -0.4 is 10.2 Å². The highest BCUT2D eigenvalue weighted by Crippen LogP contribution is 2.32. The molecule has 1 atom stereocenters. The number of anilines is 1. The van der Waals surface area contributed by atoms with Crippen LogP contribution in [0.15, 0.2) is 60.7 Å². The molecule has 4 nitrogen and oxygen atoms in total. The monoisotopic (exact) mass is 320 g/mol. The molecule has 0 unspecified atom stereocenters. The number of para-hydroxylation sites is 1. The lowest BCUT2D eigenvalue weighted by Crippen LogP contribution is -2.47. The quantitative estimate of drug-likeness (QED) is 0.881. The van der Waals surface area contributed by atoms with Gasteiger partial charge in [0.2, 0.25) is 5.91 Å². The summed E-state index contributed by atoms with van der Waals surface area (Å²) in [5.74, 6) is -0.296. The van der Waals surface area contributed by atoms with Crippen molar-refractivity contribution in [2.45, 2.75) is 19.4 Å². The zero-order valence-corrected chi connectivity index (χ0v) is 13.6. The minimum absolute atomic E-state index is 0.116. The SMILES string of the molecule is CCNC(=O)[C@H]1Cc2ccccc2N1C(=O)/C=C\c1ccccc1. The third-order valence-electron chi connectivity index (χ3n) is 4.09. The Hall–Kier alpha value is -2.88. The number of nitrogens with one attached hydrogen (secondary N) is 1. The van der Waals surface area contributed by atoms with Crippen LogP contribution in [0.5, 0.6) is 0 Å². The van der Waals surface area contributed by atoms with E-state index in [1.54, 1.807) is 11.0 Å². The average molecular weight is 320 g/mol. The summed E-state index contributed by atoms with van der Waals surface area (Å²) in [6.07, 6.45) is 3.86. The summed E-state index contributed by atoms with van der Waals surface area (Å²) >= 11 is 0. The van der Waals surface area contributed by atoms with Crippen LogP contribution in [0.3, 0.4) is 0 Å². The van der Waals surface area contributed by atoms with Crippen molar-refractivity contribution in [1.29, 1.82) is 0 Å². The maximum atomic E-state index is 12.8. The summed E-state index contributed by atoms with van der Waals surface area (Å²) in [6.45, 7) is 2.43. The van der Waals surface area contributed by atoms with Crippen LogP contribution in [0.2, 0.25) is 0 Å². The number of nitrogens with zero attached hydrogens (tertiary/aromatic N) is 1. The van der Waals surface area contributed by atoms with Crippen molar-refractivity contribution in [3.05, 3.63) is 71.8 Å². The number of fused-ring (bicyclic) bond motifs is 1. The first kappa shape index (κ1) is 16.0. The van der Waals surface area contributed by atoms with Gasteiger partial charge in [-0.25, -0.2) is 0 Å². The zero-order chi connectivity index (χ0) is 16.9. The summed E-state index contributed by atoms with van der Waals surface area (Å²) in [5.41, 5.74) is 2.79. The van der Waals surface area contributed by atoms with E-state index in [0.717, 1.165) is 16.8 Å². The lowest BCUT2D eigenvalue weighted by Gasteiger charge is -2.23. The Balaban J connectivity index is 1.88. The Morgan fingerprint density at radius 3 is 2.58 bits per heavy atom. The number of rotatable bonds is 4. The molecule has 24 heavy (non-hydrogen) atoms. The Labute approximate surface area is 141 Å². The molecule has 0 saturated heterocycles. The van der Waals surface area contributed by atoms with Crippen LogP contribution in [-0.2, 0) is 16.0 Å². The topological polar surface area (TPSA) is 49.4 Å². The summed E-state index contributed by atoms with van der Waals surface area (Å²) in [6, 6.07) is 16.8. The third kappa shape index (κ3) is 3.23. The van der Waals surface area contributed by atoms with Crippen molar-refractivity contribution in [3.63, 3.8) is 0 Å². The lowest BCUT2D eigenvalue weighted by atomic mass is 10.1. The second-order valence-electron chi connectivity index (χ2n) is 5.70. The Kier molecular flexibility index (Phi) is 4.75. The predicted octanol–water partition coefficient (Wildman–Crippen LogP) is 2.79. The molecule has 0 saturated carbocycles. The molecule has 122 valence electrons. The van der Waals surface area contributed by atoms with Gasteiger partial charge in [-0.2, -0.15) is 0 Å². The van der Waals surface area contributed by atoms with Gasteiger partial charge < -0.3 is 5.32 Å². The van der Waals surface area contributed by atoms with Crippen LogP contribution >= 0.6 is 0 Å². The van der Waals surface area contributed by atoms with E-state index >= 15 is 0 Å². The minimum atomic E-state index is -0.490. The number of likely N-dealkylation sites (N-methyl/N-ethyl adjacent to an activating group) is 1. The lowest BCUT2D eigenvalue weighted by molar-refractivity contribution is -0.124. The highest BCUT2D eigenvalue weighted by molar-refractivity contribution is 6.09. The molecule has 0 aliphatic carbocycles. The second-order valence-corrected chi connectivity index (χ2v) is 5.70. The Morgan fingerprint density at radius 1 is 1.12 bits per heavy atom. The van der Waals surface area contributed by atoms with Gasteiger partial charge in [0, 0.05) is 24.7 Å². The standard InChI is InChI=1S/C20H20N2O2/c1-2-21-20(24)18-14-16-10-6-7-11-17(16)22(18)19(23)13-12-15-8-4-3-5-9-15/h3-13,18H,2,14H2,1H3,(H,21,24)/b13-12-/t18-/m1/s1. The number of amides is 2. The van der Waals surface area contributed by atoms with Crippen molar-refractivity contribution >= 4 is 23.6 Å². The third-order valence-corrected chi connectivity index (χ3v) is 4.09. The summed E-state index contributed by atoms with van der Waals surface area (Å²) in [5, 5.41) is 2.82. The van der Waals surface area contributed by atoms with Crippen LogP contribution in [0, 0.1) is 0 Å². The van der Waals surface area contributed by atoms with Gasteiger partial charge in [-0.05, 0) is 30.2 Å². The number of carbonyl (C=O) groups excluding carboxylic acids is 2. The summed E-state index contributed by atoms with van der Waals surface area (Å²) < 4.78 is 0. The molecule has 4 heteroatoms. The molecule has 2 aromatic carbocycles. The van der Waals surface area contributed by atoms with Crippen molar-refractivity contribution in [3.8, 4) is 0 Å². The zero-order valence-electron chi connectivity index (χ0n) is 13.6. The fourth-order valence-electron chi connectivity index (χ4n) is 2.97. The predicted molar refractivity (Wildman–Crippen MR) is 95.6 cm³/mol. The molecule has 3 rings (SSSR count). The summed E-state index contributed by atoms with van der Waals surface area (Å²) in [4.78, 5) is 26.7. The molecular formula is C20H20N2O2. The van der Waals surface area contributed by atoms with Crippen LogP contribution in [-0.4, -0.2) is 24.4 Å². The van der Waals surface area contributed by atoms with Gasteiger partial charge in [0.25, 0.3) is 5.91 Å². The van der Waals surface area contributed by atoms with Gasteiger partial charge in [0.05, 0.1) is 0 Å². The van der Waals surface area contributed by atoms with Crippen LogP contribution in [0.4, 0.5) is 5.69 Å². The largest absolute Gasteiger partial charge is 0.355 e. The van der Waals surface area contributed by atoms with E-state index in [2.05, 4.69) is 5.32 Å². The van der Waals surface area contributed by atoms with Crippen LogP contribution in [0.25, 0.3) is 6.08 Å². The van der Waals surface area contributed by atoms with E-state index in [4.69, 9.17) is 0 Å². The smallest absolute Gasteiger partial charge is 0.251 e. The molecule has 0 bridgehead atoms. The molecule has 0 fully saturated rings. The van der Waals surface area contributed by atoms with E-state index in [9.17, 15) is 9.59 Å². The van der Waals surface area contributed by atoms with E-state index in [-0.39, 0.29) is 11.8 Å². The van der Waals surface area contributed by atoms with E-state index < -0.39 is 6.04 Å². The van der Waals surface area contributed by atoms with Crippen molar-refractivity contribution in [2.24, 2.45) is 0 Å². The number of benzene rings is 2. The molecular weight excluding hydrogens is 300 g/mol. The molecule has 0 spiro atoms. The first-order chi connectivity index (χ1) is 11.7. The number of carbonyl (C=O) groups is 2. The second kappa shape index (κ2) is 7.13. The number of hydrogen-bond donors (Lipinski definition) is 1. The first-order valence-electron chi connectivity index (χ1n) is 8.12. The molecule has 0 radical (unpaired) electrons. The summed E-state index contributed by atoms with van der Waals surface area (Å²) in [7, 11) is 0. The maximum Gasteiger partial charge on any atom is 0.251 e. The van der Waals surface area contributed by atoms with Gasteiger partial charge in [0.1, 0.15) is 6.04 Å². The first-order valence-corrected chi connectivity index (χ1v) is 8.12. The Bertz CT molecular complexity index is 768. The molecule has 2 aromatic rings. The molecule has 0 aromatic heterocycles. The molecule has 1 aliphatic heterocycles. The fourth-order valence-corrected chi connectivity index (χ4v) is 2.97. The highest BCUT2D eigenvalue weighted by Gasteiger charge is 2.36. The average Bonchev–Trinajstić information content (AvgIpc) is 3.00. The Morgan fingerprint density at radius 2 is 1.83 bits per heavy atom. The normalized spacial score (nSPS) is 16.2. The molecule has 1 N–H and O–H groups in total. The van der Waals surface area contributed by atoms with Crippen LogP contribution in [0.1, 0.15) is 18.1 Å². The van der Waals surface area contributed by atoms with Gasteiger partial charge in [-0.1, -0.05) is 48.5 Å². The number of hydrogen-bond acceptors (Lipinski definition) is 2. The van der Waals surface area contributed by atoms with E-state index in [1.807, 2.05) is 61.5 Å². The van der Waals surface area contributed by atoms with Gasteiger partial charge in [-0.15, -0.1) is 0 Å². The van der Waals surface area contributed by atoms with Crippen molar-refractivity contribution < 1.29 is 9.59 Å². The van der Waals surface area contributed by atoms with Crippen molar-refractivity contribution in [2.75, 3.05) is 11.4 Å². The van der Waals surface area contributed by atoms with Gasteiger partial charge >= 0.3 is 0 Å². The van der Waals surface area contributed by atoms with Gasteiger partial charge in [0.15, 0.2) is 0 Å². The van der Waals surface area contributed by atoms with Crippen molar-refractivity contribution in [1.82, 2.24) is 5.32 Å². The maximum absolute atomic E-state index is 12.8. The van der Waals surface area contributed by atoms with E-state index in [0.29, 0.717) is 13.0 Å². The molecule has 1 heterocycles. The highest BCUT2D eigenvalue weighted by atomic mass is 16.2. The van der Waals surface area contributed by atoms with Gasteiger partial charge in [-0.3, -0.25) is 14.5 Å². The molecule has 1 aliphatic rings. The minimum Gasteiger partial charge on any atom is -0.355 e. The fraction of sp³-hybridized carbons (Fsp3) is 0.200. The molecule has 2 amide bonds. The van der Waals surface area contributed by atoms with E-state index in [1.165, 1.54) is 6.08 Å².